The molecule has 0 atom stereocenters. The van der Waals surface area contributed by atoms with E-state index in [1.807, 2.05) is 0 Å². The van der Waals surface area contributed by atoms with Gasteiger partial charge in [0.15, 0.2) is 0 Å². The SMILES string of the molecule is Fc1cc(F)c([CH2][Zn+])cc1Cl.[Br-]. The Bertz CT molecular complexity index is 280. The van der Waals surface area contributed by atoms with Gasteiger partial charge >= 0.3 is 78.1 Å². The van der Waals surface area contributed by atoms with Crippen LogP contribution in [0.1, 0.15) is 5.56 Å². The molecule has 0 aliphatic rings. The van der Waals surface area contributed by atoms with Gasteiger partial charge in [-0.2, -0.15) is 0 Å². The molecule has 1 rings (SSSR count). The van der Waals surface area contributed by atoms with Crippen molar-refractivity contribution in [1.29, 1.82) is 0 Å². The smallest absolute Gasteiger partial charge is 1.00 e. The summed E-state index contributed by atoms with van der Waals surface area (Å²) in [5.41, 5.74) is 0.497. The van der Waals surface area contributed by atoms with Crippen molar-refractivity contribution in [2.45, 2.75) is 5.02 Å². The summed E-state index contributed by atoms with van der Waals surface area (Å²) in [7, 11) is 0. The first-order valence-corrected chi connectivity index (χ1v) is 5.55. The molecule has 0 heterocycles. The Morgan fingerprint density at radius 1 is 1.25 bits per heavy atom. The van der Waals surface area contributed by atoms with Crippen LogP contribution in [0.4, 0.5) is 8.78 Å². The second kappa shape index (κ2) is 5.26. The maximum atomic E-state index is 12.8. The van der Waals surface area contributed by atoms with Crippen LogP contribution in [0, 0.1) is 11.6 Å². The molecule has 5 heteroatoms. The standard InChI is InChI=1S/C7H4ClF2.BrH.Zn/c1-4-2-5(8)7(10)3-6(4)9;;/h2-3H,1H2;1H;/q;;+1/p-1. The number of rotatable bonds is 1. The minimum absolute atomic E-state index is 0. The Morgan fingerprint density at radius 3 is 2.33 bits per heavy atom. The molecule has 0 saturated carbocycles. The van der Waals surface area contributed by atoms with E-state index in [9.17, 15) is 8.78 Å². The van der Waals surface area contributed by atoms with E-state index in [2.05, 4.69) is 0 Å². The van der Waals surface area contributed by atoms with Gasteiger partial charge in [-0.3, -0.25) is 0 Å². The van der Waals surface area contributed by atoms with Crippen molar-refractivity contribution in [1.82, 2.24) is 0 Å². The monoisotopic (exact) mass is 304 g/mol. The molecule has 0 saturated heterocycles. The zero-order valence-corrected chi connectivity index (χ0v) is 11.4. The maximum absolute atomic E-state index is 12.8. The number of hydrogen-bond donors (Lipinski definition) is 0. The molecular formula is C7H4BrClF2Zn. The van der Waals surface area contributed by atoms with Crippen LogP contribution < -0.4 is 17.0 Å². The second-order valence-electron chi connectivity index (χ2n) is 2.11. The summed E-state index contributed by atoms with van der Waals surface area (Å²) in [6.07, 6.45) is 0. The van der Waals surface area contributed by atoms with Crippen molar-refractivity contribution < 1.29 is 44.1 Å². The Morgan fingerprint density at radius 2 is 1.83 bits per heavy atom. The fourth-order valence-corrected chi connectivity index (χ4v) is 1.75. The van der Waals surface area contributed by atoms with Gasteiger partial charge in [0.2, 0.25) is 0 Å². The topological polar surface area (TPSA) is 0 Å². The van der Waals surface area contributed by atoms with E-state index in [1.165, 1.54) is 6.07 Å². The second-order valence-corrected chi connectivity index (χ2v) is 3.56. The first kappa shape index (κ1) is 12.5. The average molecular weight is 307 g/mol. The summed E-state index contributed by atoms with van der Waals surface area (Å²) in [5.74, 6) is -1.19. The molecule has 12 heavy (non-hydrogen) atoms. The molecular weight excluding hydrogens is 303 g/mol. The van der Waals surface area contributed by atoms with E-state index in [4.69, 9.17) is 11.6 Å². The summed E-state index contributed by atoms with van der Waals surface area (Å²) >= 11 is 6.38. The van der Waals surface area contributed by atoms with Gasteiger partial charge in [0.25, 0.3) is 0 Å². The summed E-state index contributed by atoms with van der Waals surface area (Å²) in [4.78, 5) is 0. The Hall–Kier alpha value is 0.473. The molecule has 0 spiro atoms. The minimum Gasteiger partial charge on any atom is -1.00 e. The number of halogens is 4. The molecule has 0 aliphatic carbocycles. The van der Waals surface area contributed by atoms with Crippen LogP contribution in [0.25, 0.3) is 0 Å². The van der Waals surface area contributed by atoms with Gasteiger partial charge in [-0.1, -0.05) is 0 Å². The molecule has 0 aliphatic heterocycles. The van der Waals surface area contributed by atoms with Crippen LogP contribution in [0.2, 0.25) is 5.02 Å². The van der Waals surface area contributed by atoms with E-state index in [0.29, 0.717) is 10.6 Å². The van der Waals surface area contributed by atoms with Gasteiger partial charge in [-0.05, 0) is 0 Å². The zero-order valence-electron chi connectivity index (χ0n) is 6.08. The minimum atomic E-state index is -0.693. The average Bonchev–Trinajstić information content (AvgIpc) is 1.97. The third-order valence-electron chi connectivity index (χ3n) is 1.36. The molecule has 0 N–H and O–H groups in total. The van der Waals surface area contributed by atoms with Gasteiger partial charge in [0.1, 0.15) is 0 Å². The first-order chi connectivity index (χ1) is 5.15. The van der Waals surface area contributed by atoms with Crippen molar-refractivity contribution in [2.75, 3.05) is 0 Å². The van der Waals surface area contributed by atoms with E-state index >= 15 is 0 Å². The molecule has 0 fully saturated rings. The van der Waals surface area contributed by atoms with Crippen molar-refractivity contribution >= 4 is 11.6 Å². The van der Waals surface area contributed by atoms with Crippen LogP contribution in [-0.4, -0.2) is 0 Å². The van der Waals surface area contributed by atoms with Crippen LogP contribution in [0.15, 0.2) is 12.1 Å². The van der Waals surface area contributed by atoms with Gasteiger partial charge in [0.05, 0.1) is 0 Å². The maximum Gasteiger partial charge on any atom is -1.00 e. The van der Waals surface area contributed by atoms with E-state index < -0.39 is 11.6 Å². The van der Waals surface area contributed by atoms with Crippen LogP contribution in [0.3, 0.4) is 0 Å². The Kier molecular flexibility index (Phi) is 5.46. The van der Waals surface area contributed by atoms with Crippen LogP contribution >= 0.6 is 11.6 Å². The Balaban J connectivity index is 0.00000121. The van der Waals surface area contributed by atoms with Crippen molar-refractivity contribution in [2.24, 2.45) is 0 Å². The quantitative estimate of drug-likeness (QED) is 0.492. The molecule has 1 aromatic carbocycles. The molecule has 0 nitrogen and oxygen atoms in total. The molecule has 0 aromatic heterocycles. The van der Waals surface area contributed by atoms with Crippen molar-refractivity contribution in [3.05, 3.63) is 34.4 Å². The van der Waals surface area contributed by atoms with E-state index in [-0.39, 0.29) is 22.0 Å². The van der Waals surface area contributed by atoms with Gasteiger partial charge < -0.3 is 17.0 Å². The van der Waals surface area contributed by atoms with Gasteiger partial charge in [-0.15, -0.1) is 0 Å². The molecule has 0 amide bonds. The molecule has 0 radical (unpaired) electrons. The summed E-state index contributed by atoms with van der Waals surface area (Å²) in [5, 5.41) is 0.640. The number of hydrogen-bond acceptors (Lipinski definition) is 0. The Labute approximate surface area is 94.7 Å². The van der Waals surface area contributed by atoms with Gasteiger partial charge in [0, 0.05) is 0 Å². The predicted octanol–water partition coefficient (Wildman–Crippen LogP) is -0.331. The first-order valence-electron chi connectivity index (χ1n) is 3.08. The molecule has 0 unspecified atom stereocenters. The third kappa shape index (κ3) is 2.75. The van der Waals surface area contributed by atoms with Crippen LogP contribution in [0.5, 0.6) is 0 Å². The van der Waals surface area contributed by atoms with Crippen molar-refractivity contribution in [3.63, 3.8) is 0 Å². The zero-order chi connectivity index (χ0) is 8.43. The van der Waals surface area contributed by atoms with Crippen molar-refractivity contribution in [3.8, 4) is 0 Å². The largest absolute Gasteiger partial charge is 1.00 e. The molecule has 62 valence electrons. The van der Waals surface area contributed by atoms with E-state index in [1.54, 1.807) is 0 Å². The van der Waals surface area contributed by atoms with Crippen LogP contribution in [-0.2, 0) is 23.3 Å². The predicted molar refractivity (Wildman–Crippen MR) is 35.1 cm³/mol. The normalized spacial score (nSPS) is 9.42. The fraction of sp³-hybridized carbons (Fsp3) is 0.143. The fourth-order valence-electron chi connectivity index (χ4n) is 0.755. The molecule has 1 aromatic rings. The summed E-state index contributed by atoms with van der Waals surface area (Å²) < 4.78 is 25.3. The third-order valence-corrected chi connectivity index (χ3v) is 2.78. The summed E-state index contributed by atoms with van der Waals surface area (Å²) in [6.45, 7) is 0. The number of benzene rings is 1. The summed E-state index contributed by atoms with van der Waals surface area (Å²) in [6, 6.07) is 2.17. The molecule has 0 bridgehead atoms. The van der Waals surface area contributed by atoms with Gasteiger partial charge in [-0.25, -0.2) is 0 Å². The van der Waals surface area contributed by atoms with E-state index in [0.717, 1.165) is 24.4 Å².